The second kappa shape index (κ2) is 4.77. The molecule has 0 heterocycles. The lowest BCUT2D eigenvalue weighted by Gasteiger charge is -2.11. The lowest BCUT2D eigenvalue weighted by molar-refractivity contribution is 0.0857. The van der Waals surface area contributed by atoms with E-state index in [9.17, 15) is 4.79 Å². The second-order valence-corrected chi connectivity index (χ2v) is 3.39. The predicted octanol–water partition coefficient (Wildman–Crippen LogP) is 1.46. The van der Waals surface area contributed by atoms with Crippen LogP contribution in [0, 0.1) is 0 Å². The van der Waals surface area contributed by atoms with Gasteiger partial charge in [0.05, 0.1) is 0 Å². The zero-order valence-corrected chi connectivity index (χ0v) is 8.87. The Kier molecular flexibility index (Phi) is 3.65. The lowest BCUT2D eigenvalue weighted by Crippen LogP contribution is -2.36. The Labute approximate surface area is 84.7 Å². The number of hydrogen-bond donors (Lipinski definition) is 1. The molecule has 0 fully saturated rings. The van der Waals surface area contributed by atoms with Crippen LogP contribution in [0.25, 0.3) is 0 Å². The highest BCUT2D eigenvalue weighted by atomic mass is 16.2. The van der Waals surface area contributed by atoms with E-state index in [0.29, 0.717) is 5.56 Å². The molecule has 0 saturated carbocycles. The van der Waals surface area contributed by atoms with Crippen LogP contribution in [-0.2, 0) is 6.42 Å². The van der Waals surface area contributed by atoms with E-state index in [2.05, 4.69) is 12.3 Å². The molecule has 1 rings (SSSR count). The first kappa shape index (κ1) is 10.7. The number of carbonyl (C=O) groups is 1. The highest BCUT2D eigenvalue weighted by Gasteiger charge is 2.04. The van der Waals surface area contributed by atoms with Gasteiger partial charge in [0.1, 0.15) is 0 Å². The number of nitrogens with one attached hydrogen (secondary N) is 1. The van der Waals surface area contributed by atoms with Crippen LogP contribution in [0.4, 0.5) is 0 Å². The largest absolute Gasteiger partial charge is 0.285 e. The van der Waals surface area contributed by atoms with Crippen LogP contribution >= 0.6 is 0 Å². The molecular weight excluding hydrogens is 176 g/mol. The van der Waals surface area contributed by atoms with Crippen molar-refractivity contribution in [2.75, 3.05) is 14.1 Å². The molecular formula is C11H16N2O. The summed E-state index contributed by atoms with van der Waals surface area (Å²) in [6.45, 7) is 2.09. The van der Waals surface area contributed by atoms with Gasteiger partial charge in [-0.1, -0.05) is 19.1 Å². The molecule has 0 spiro atoms. The molecule has 0 unspecified atom stereocenters. The van der Waals surface area contributed by atoms with E-state index in [0.717, 1.165) is 6.42 Å². The van der Waals surface area contributed by atoms with Gasteiger partial charge in [0, 0.05) is 19.7 Å². The van der Waals surface area contributed by atoms with Crippen molar-refractivity contribution < 1.29 is 4.79 Å². The first-order valence-electron chi connectivity index (χ1n) is 4.70. The quantitative estimate of drug-likeness (QED) is 0.735. The summed E-state index contributed by atoms with van der Waals surface area (Å²) in [7, 11) is 3.58. The van der Waals surface area contributed by atoms with Gasteiger partial charge in [-0.15, -0.1) is 0 Å². The van der Waals surface area contributed by atoms with Crippen LogP contribution in [0.2, 0.25) is 0 Å². The third-order valence-corrected chi connectivity index (χ3v) is 1.95. The molecule has 1 amide bonds. The summed E-state index contributed by atoms with van der Waals surface area (Å²) in [5, 5.41) is 1.63. The minimum atomic E-state index is -0.0716. The summed E-state index contributed by atoms with van der Waals surface area (Å²) >= 11 is 0. The number of rotatable bonds is 3. The number of hydrazine groups is 1. The fraction of sp³-hybridized carbons (Fsp3) is 0.364. The number of amides is 1. The number of carbonyl (C=O) groups excluding carboxylic acids is 1. The van der Waals surface area contributed by atoms with Gasteiger partial charge in [0.15, 0.2) is 0 Å². The van der Waals surface area contributed by atoms with Crippen LogP contribution in [0.5, 0.6) is 0 Å². The van der Waals surface area contributed by atoms with E-state index < -0.39 is 0 Å². The average molecular weight is 192 g/mol. The molecule has 3 heteroatoms. The third kappa shape index (κ3) is 2.85. The molecule has 0 aromatic heterocycles. The van der Waals surface area contributed by atoms with Crippen LogP contribution < -0.4 is 5.43 Å². The van der Waals surface area contributed by atoms with Crippen LogP contribution in [0.15, 0.2) is 24.3 Å². The van der Waals surface area contributed by atoms with Crippen LogP contribution in [0.3, 0.4) is 0 Å². The average Bonchev–Trinajstić information content (AvgIpc) is 2.17. The fourth-order valence-electron chi connectivity index (χ4n) is 1.16. The summed E-state index contributed by atoms with van der Waals surface area (Å²) in [5.41, 5.74) is 4.62. The Bertz CT molecular complexity index is 304. The minimum absolute atomic E-state index is 0.0716. The van der Waals surface area contributed by atoms with Gasteiger partial charge in [-0.25, -0.2) is 5.01 Å². The summed E-state index contributed by atoms with van der Waals surface area (Å²) < 4.78 is 0. The first-order valence-corrected chi connectivity index (χ1v) is 4.70. The zero-order valence-electron chi connectivity index (χ0n) is 8.87. The molecule has 0 aliphatic heterocycles. The van der Waals surface area contributed by atoms with Crippen molar-refractivity contribution in [2.24, 2.45) is 0 Å². The molecule has 0 atom stereocenters. The van der Waals surface area contributed by atoms with Gasteiger partial charge in [-0.05, 0) is 24.1 Å². The van der Waals surface area contributed by atoms with E-state index in [1.54, 1.807) is 19.1 Å². The fourth-order valence-corrected chi connectivity index (χ4v) is 1.16. The maximum atomic E-state index is 11.5. The van der Waals surface area contributed by atoms with Crippen molar-refractivity contribution in [3.05, 3.63) is 35.4 Å². The Hall–Kier alpha value is -1.35. The molecule has 0 aliphatic carbocycles. The van der Waals surface area contributed by atoms with E-state index >= 15 is 0 Å². The van der Waals surface area contributed by atoms with E-state index in [1.165, 1.54) is 5.56 Å². The monoisotopic (exact) mass is 192 g/mol. The van der Waals surface area contributed by atoms with Crippen molar-refractivity contribution in [2.45, 2.75) is 13.3 Å². The van der Waals surface area contributed by atoms with E-state index in [-0.39, 0.29) is 5.91 Å². The summed E-state index contributed by atoms with van der Waals surface area (Å²) in [4.78, 5) is 11.5. The van der Waals surface area contributed by atoms with Crippen LogP contribution in [0.1, 0.15) is 22.8 Å². The van der Waals surface area contributed by atoms with Crippen molar-refractivity contribution >= 4 is 5.91 Å². The highest BCUT2D eigenvalue weighted by Crippen LogP contribution is 2.04. The van der Waals surface area contributed by atoms with Crippen molar-refractivity contribution in [3.8, 4) is 0 Å². The number of benzene rings is 1. The smallest absolute Gasteiger partial charge is 0.265 e. The topological polar surface area (TPSA) is 32.3 Å². The number of hydrogen-bond acceptors (Lipinski definition) is 2. The number of nitrogens with zero attached hydrogens (tertiary/aromatic N) is 1. The van der Waals surface area contributed by atoms with Gasteiger partial charge in [-0.3, -0.25) is 10.2 Å². The Morgan fingerprint density at radius 3 is 2.29 bits per heavy atom. The first-order chi connectivity index (χ1) is 6.63. The number of aryl methyl sites for hydroxylation is 1. The van der Waals surface area contributed by atoms with Gasteiger partial charge in [-0.2, -0.15) is 0 Å². The highest BCUT2D eigenvalue weighted by molar-refractivity contribution is 5.93. The molecule has 0 bridgehead atoms. The predicted molar refractivity (Wildman–Crippen MR) is 57.0 cm³/mol. The Balaban J connectivity index is 2.71. The van der Waals surface area contributed by atoms with E-state index in [1.807, 2.05) is 24.3 Å². The summed E-state index contributed by atoms with van der Waals surface area (Å²) in [6.07, 6.45) is 0.996. The molecule has 1 aromatic carbocycles. The van der Waals surface area contributed by atoms with E-state index in [4.69, 9.17) is 0 Å². The molecule has 76 valence electrons. The molecule has 0 radical (unpaired) electrons. The maximum absolute atomic E-state index is 11.5. The molecule has 1 N–H and O–H groups in total. The summed E-state index contributed by atoms with van der Waals surface area (Å²) in [5.74, 6) is -0.0716. The van der Waals surface area contributed by atoms with Gasteiger partial charge >= 0.3 is 0 Å². The van der Waals surface area contributed by atoms with Crippen LogP contribution in [-0.4, -0.2) is 25.0 Å². The van der Waals surface area contributed by atoms with Gasteiger partial charge in [0.25, 0.3) is 5.91 Å². The van der Waals surface area contributed by atoms with Crippen molar-refractivity contribution in [1.82, 2.24) is 10.4 Å². The van der Waals surface area contributed by atoms with Crippen molar-refractivity contribution in [3.63, 3.8) is 0 Å². The molecule has 0 saturated heterocycles. The third-order valence-electron chi connectivity index (χ3n) is 1.95. The van der Waals surface area contributed by atoms with Crippen molar-refractivity contribution in [1.29, 1.82) is 0 Å². The molecule has 3 nitrogen and oxygen atoms in total. The standard InChI is InChI=1S/C11H16N2O/c1-4-9-5-7-10(8-6-9)11(14)12-13(2)3/h5-8H,4H2,1-3H3,(H,12,14). The molecule has 0 aliphatic rings. The maximum Gasteiger partial charge on any atom is 0.265 e. The zero-order chi connectivity index (χ0) is 10.6. The molecule has 1 aromatic rings. The van der Waals surface area contributed by atoms with Gasteiger partial charge < -0.3 is 0 Å². The Morgan fingerprint density at radius 1 is 1.29 bits per heavy atom. The summed E-state index contributed by atoms with van der Waals surface area (Å²) in [6, 6.07) is 7.64. The SMILES string of the molecule is CCc1ccc(C(=O)NN(C)C)cc1. The normalized spacial score (nSPS) is 10.3. The Morgan fingerprint density at radius 2 is 1.86 bits per heavy atom. The van der Waals surface area contributed by atoms with Gasteiger partial charge in [0.2, 0.25) is 0 Å². The second-order valence-electron chi connectivity index (χ2n) is 3.39. The molecule has 14 heavy (non-hydrogen) atoms. The minimum Gasteiger partial charge on any atom is -0.285 e. The lowest BCUT2D eigenvalue weighted by atomic mass is 10.1.